The van der Waals surface area contributed by atoms with E-state index >= 15 is 0 Å². The van der Waals surface area contributed by atoms with Crippen molar-refractivity contribution in [2.45, 2.75) is 88.0 Å². The molecule has 0 spiro atoms. The molecule has 1 aliphatic heterocycles. The molecular formula is C21H29N3O2. The minimum atomic E-state index is 0.110. The molecular weight excluding hydrogens is 326 g/mol. The van der Waals surface area contributed by atoms with Crippen molar-refractivity contribution in [1.29, 1.82) is 0 Å². The van der Waals surface area contributed by atoms with E-state index in [-0.39, 0.29) is 17.2 Å². The maximum atomic E-state index is 12.5. The van der Waals surface area contributed by atoms with Crippen molar-refractivity contribution in [3.8, 4) is 0 Å². The number of amides is 1. The molecule has 6 fully saturated rings. The van der Waals surface area contributed by atoms with Crippen molar-refractivity contribution in [1.82, 2.24) is 15.0 Å². The van der Waals surface area contributed by atoms with Crippen LogP contribution in [0.3, 0.4) is 0 Å². The highest BCUT2D eigenvalue weighted by molar-refractivity contribution is 5.79. The number of nitrogens with zero attached hydrogens (tertiary/aromatic N) is 3. The highest BCUT2D eigenvalue weighted by Crippen LogP contribution is 2.60. The van der Waals surface area contributed by atoms with Gasteiger partial charge in [0.2, 0.25) is 11.8 Å². The summed E-state index contributed by atoms with van der Waals surface area (Å²) in [6.07, 6.45) is 13.5. The molecule has 1 unspecified atom stereocenters. The first kappa shape index (κ1) is 15.6. The summed E-state index contributed by atoms with van der Waals surface area (Å²) < 4.78 is 5.76. The summed E-state index contributed by atoms with van der Waals surface area (Å²) in [5.41, 5.74) is 0.185. The molecule has 5 heteroatoms. The van der Waals surface area contributed by atoms with E-state index in [2.05, 4.69) is 10.1 Å². The third-order valence-electron chi connectivity index (χ3n) is 8.23. The van der Waals surface area contributed by atoms with E-state index in [1.165, 1.54) is 64.2 Å². The van der Waals surface area contributed by atoms with Gasteiger partial charge in [-0.15, -0.1) is 0 Å². The third-order valence-corrected chi connectivity index (χ3v) is 8.23. The number of carbonyl (C=O) groups is 1. The van der Waals surface area contributed by atoms with Crippen molar-refractivity contribution in [3.63, 3.8) is 0 Å². The zero-order valence-electron chi connectivity index (χ0n) is 15.5. The van der Waals surface area contributed by atoms with Gasteiger partial charge in [-0.2, -0.15) is 4.98 Å². The molecule has 1 saturated heterocycles. The molecule has 0 aromatic carbocycles. The minimum absolute atomic E-state index is 0.110. The predicted molar refractivity (Wildman–Crippen MR) is 95.5 cm³/mol. The maximum absolute atomic E-state index is 12.5. The summed E-state index contributed by atoms with van der Waals surface area (Å²) >= 11 is 0. The fraction of sp³-hybridized carbons (Fsp3) is 0.857. The number of hydrogen-bond donors (Lipinski definition) is 0. The smallest absolute Gasteiger partial charge is 0.232 e. The first-order valence-corrected chi connectivity index (χ1v) is 10.8. The Morgan fingerprint density at radius 3 is 2.31 bits per heavy atom. The Labute approximate surface area is 154 Å². The quantitative estimate of drug-likeness (QED) is 0.827. The van der Waals surface area contributed by atoms with Crippen LogP contribution in [0.4, 0.5) is 0 Å². The summed E-state index contributed by atoms with van der Waals surface area (Å²) in [6, 6.07) is 0.457. The number of rotatable bonds is 3. The van der Waals surface area contributed by atoms with E-state index in [0.29, 0.717) is 12.5 Å². The zero-order chi connectivity index (χ0) is 17.3. The van der Waals surface area contributed by atoms with E-state index in [1.807, 2.05) is 0 Å². The van der Waals surface area contributed by atoms with Gasteiger partial charge in [-0.1, -0.05) is 18.0 Å². The Morgan fingerprint density at radius 2 is 1.65 bits per heavy atom. The van der Waals surface area contributed by atoms with Crippen molar-refractivity contribution in [2.24, 2.45) is 17.8 Å². The van der Waals surface area contributed by atoms with E-state index in [0.717, 1.165) is 36.0 Å². The Bertz CT molecular complexity index is 685. The van der Waals surface area contributed by atoms with E-state index < -0.39 is 0 Å². The monoisotopic (exact) mass is 355 g/mol. The highest BCUT2D eigenvalue weighted by Gasteiger charge is 2.54. The van der Waals surface area contributed by atoms with Gasteiger partial charge in [-0.25, -0.2) is 0 Å². The standard InChI is InChI=1S/C21H29N3O2/c25-18-8-16(12-24(18)17-3-1-2-4-17)19-22-20(23-26-19)21-9-13-5-14(10-21)7-15(6-13)11-21/h13-17H,1-12H2. The van der Waals surface area contributed by atoms with Crippen LogP contribution in [-0.2, 0) is 10.2 Å². The molecule has 1 amide bonds. The summed E-state index contributed by atoms with van der Waals surface area (Å²) in [6.45, 7) is 0.784. The van der Waals surface area contributed by atoms with E-state index in [1.54, 1.807) is 0 Å². The fourth-order valence-electron chi connectivity index (χ4n) is 7.47. The molecule has 1 aromatic heterocycles. The molecule has 5 aliphatic carbocycles. The van der Waals surface area contributed by atoms with Crippen LogP contribution >= 0.6 is 0 Å². The van der Waals surface area contributed by atoms with Gasteiger partial charge in [-0.3, -0.25) is 4.79 Å². The molecule has 4 bridgehead atoms. The highest BCUT2D eigenvalue weighted by atomic mass is 16.5. The summed E-state index contributed by atoms with van der Waals surface area (Å²) in [4.78, 5) is 19.5. The van der Waals surface area contributed by atoms with Crippen LogP contribution in [0.15, 0.2) is 4.52 Å². The lowest BCUT2D eigenvalue weighted by Gasteiger charge is -2.55. The Morgan fingerprint density at radius 1 is 1.00 bits per heavy atom. The molecule has 0 radical (unpaired) electrons. The number of hydrogen-bond acceptors (Lipinski definition) is 4. The lowest BCUT2D eigenvalue weighted by Crippen LogP contribution is -2.49. The summed E-state index contributed by atoms with van der Waals surface area (Å²) in [7, 11) is 0. The molecule has 26 heavy (non-hydrogen) atoms. The third kappa shape index (κ3) is 2.31. The number of carbonyl (C=O) groups excluding carboxylic acids is 1. The fourth-order valence-corrected chi connectivity index (χ4v) is 7.47. The van der Waals surface area contributed by atoms with Crippen molar-refractivity contribution in [3.05, 3.63) is 11.7 Å². The van der Waals surface area contributed by atoms with Crippen molar-refractivity contribution in [2.75, 3.05) is 6.54 Å². The predicted octanol–water partition coefficient (Wildman–Crippen LogP) is 3.80. The van der Waals surface area contributed by atoms with Gasteiger partial charge in [0.05, 0.1) is 5.92 Å². The number of likely N-dealkylation sites (tertiary alicyclic amines) is 1. The molecule has 2 heterocycles. The second kappa shape index (κ2) is 5.56. The van der Waals surface area contributed by atoms with Crippen LogP contribution in [0.1, 0.15) is 88.3 Å². The lowest BCUT2D eigenvalue weighted by molar-refractivity contribution is -0.129. The van der Waals surface area contributed by atoms with Crippen LogP contribution in [0, 0.1) is 17.8 Å². The van der Waals surface area contributed by atoms with E-state index in [9.17, 15) is 4.79 Å². The molecule has 5 saturated carbocycles. The molecule has 1 atom stereocenters. The van der Waals surface area contributed by atoms with Gasteiger partial charge in [0, 0.05) is 24.4 Å². The Hall–Kier alpha value is -1.39. The topological polar surface area (TPSA) is 59.2 Å². The van der Waals surface area contributed by atoms with Gasteiger partial charge >= 0.3 is 0 Å². The molecule has 0 N–H and O–H groups in total. The van der Waals surface area contributed by atoms with Gasteiger partial charge in [0.15, 0.2) is 5.82 Å². The van der Waals surface area contributed by atoms with Crippen LogP contribution < -0.4 is 0 Å². The second-order valence-electron chi connectivity index (χ2n) is 10.0. The van der Waals surface area contributed by atoms with Crippen LogP contribution in [0.2, 0.25) is 0 Å². The number of aromatic nitrogens is 2. The van der Waals surface area contributed by atoms with Gasteiger partial charge in [0.1, 0.15) is 0 Å². The zero-order valence-corrected chi connectivity index (χ0v) is 15.5. The van der Waals surface area contributed by atoms with Crippen molar-refractivity contribution < 1.29 is 9.32 Å². The first-order valence-electron chi connectivity index (χ1n) is 10.8. The van der Waals surface area contributed by atoms with Gasteiger partial charge in [0.25, 0.3) is 0 Å². The average molecular weight is 355 g/mol. The van der Waals surface area contributed by atoms with Crippen LogP contribution in [0.25, 0.3) is 0 Å². The minimum Gasteiger partial charge on any atom is -0.339 e. The van der Waals surface area contributed by atoms with E-state index in [4.69, 9.17) is 9.51 Å². The molecule has 5 nitrogen and oxygen atoms in total. The first-order chi connectivity index (χ1) is 12.7. The Balaban J connectivity index is 1.23. The van der Waals surface area contributed by atoms with Crippen molar-refractivity contribution >= 4 is 5.91 Å². The molecule has 1 aromatic rings. The van der Waals surface area contributed by atoms with Crippen LogP contribution in [0.5, 0.6) is 0 Å². The van der Waals surface area contributed by atoms with Gasteiger partial charge < -0.3 is 9.42 Å². The molecule has 7 rings (SSSR count). The second-order valence-corrected chi connectivity index (χ2v) is 10.0. The van der Waals surface area contributed by atoms with Crippen LogP contribution in [-0.4, -0.2) is 33.5 Å². The maximum Gasteiger partial charge on any atom is 0.232 e. The Kier molecular flexibility index (Phi) is 3.34. The summed E-state index contributed by atoms with van der Waals surface area (Å²) in [5, 5.41) is 4.48. The normalized spacial score (nSPS) is 42.3. The molecule has 6 aliphatic rings. The summed E-state index contributed by atoms with van der Waals surface area (Å²) in [5.74, 6) is 4.75. The molecule has 140 valence electrons. The SMILES string of the molecule is O=C1CC(c2nc(C34CC5CC(CC(C5)C3)C4)no2)CN1C1CCCC1. The average Bonchev–Trinajstić information content (AvgIpc) is 3.34. The largest absolute Gasteiger partial charge is 0.339 e. The van der Waals surface area contributed by atoms with Gasteiger partial charge in [-0.05, 0) is 69.1 Å². The lowest BCUT2D eigenvalue weighted by atomic mass is 9.49.